The quantitative estimate of drug-likeness (QED) is 0.205. The Morgan fingerprint density at radius 2 is 1.02 bits per heavy atom. The van der Waals surface area contributed by atoms with Crippen molar-refractivity contribution in [2.75, 3.05) is 10.6 Å². The Labute approximate surface area is 250 Å². The summed E-state index contributed by atoms with van der Waals surface area (Å²) in [5, 5.41) is 10.3. The van der Waals surface area contributed by atoms with Crippen LogP contribution in [-0.4, -0.2) is 38.1 Å². The molecule has 0 saturated heterocycles. The van der Waals surface area contributed by atoms with E-state index in [1.54, 1.807) is 0 Å². The topological polar surface area (TPSA) is 58.2 Å². The molecule has 0 aliphatic heterocycles. The van der Waals surface area contributed by atoms with Crippen molar-refractivity contribution in [1.82, 2.24) is 0 Å². The molecule has 0 unspecified atom stereocenters. The number of amides is 2. The molecule has 0 fully saturated rings. The van der Waals surface area contributed by atoms with E-state index in [1.165, 1.54) is 8.92 Å². The minimum absolute atomic E-state index is 0.0172. The predicted molar refractivity (Wildman–Crippen MR) is 172 cm³/mol. The number of benzene rings is 6. The van der Waals surface area contributed by atoms with Gasteiger partial charge in [0.05, 0.1) is 0 Å². The Morgan fingerprint density at radius 1 is 0.512 bits per heavy atom. The zero-order valence-electron chi connectivity index (χ0n) is 22.0. The van der Waals surface area contributed by atoms with Gasteiger partial charge in [0, 0.05) is 0 Å². The first-order valence-electron chi connectivity index (χ1n) is 13.2. The SMILES string of the molecule is O=C(Cc1cccc2ccccc12)Nc1ccc([Se][Se]c2ccc(NC(=O)c3cccc4ccccc34)cc2)cc1. The molecule has 6 aromatic carbocycles. The van der Waals surface area contributed by atoms with Gasteiger partial charge >= 0.3 is 251 Å². The van der Waals surface area contributed by atoms with Crippen LogP contribution in [0.15, 0.2) is 133 Å². The molecular formula is C35H26N2O2Se2. The first-order chi connectivity index (χ1) is 20.1. The van der Waals surface area contributed by atoms with E-state index >= 15 is 0 Å². The zero-order valence-corrected chi connectivity index (χ0v) is 25.5. The Balaban J connectivity index is 1.01. The summed E-state index contributed by atoms with van der Waals surface area (Å²) in [7, 11) is 0. The molecule has 0 aliphatic rings. The Morgan fingerprint density at radius 3 is 1.68 bits per heavy atom. The molecule has 0 aromatic heterocycles. The standard InChI is InChI=1S/C35H26N2O2Se2/c38-34(23-26-11-5-9-24-7-1-3-12-31(24)26)36-27-15-19-29(20-16-27)40-41-30-21-17-28(18-22-30)37-35(39)33-14-6-10-25-8-2-4-13-32(25)33/h1-22H,23H2,(H,36,38)(H,37,39). The third kappa shape index (κ3) is 6.59. The molecule has 0 atom stereocenters. The van der Waals surface area contributed by atoms with E-state index < -0.39 is 0 Å². The summed E-state index contributed by atoms with van der Waals surface area (Å²) in [5.41, 5.74) is 3.31. The summed E-state index contributed by atoms with van der Waals surface area (Å²) in [6.07, 6.45) is 0.342. The van der Waals surface area contributed by atoms with Crippen molar-refractivity contribution in [3.05, 3.63) is 145 Å². The van der Waals surface area contributed by atoms with Crippen LogP contribution >= 0.6 is 0 Å². The Hall–Kier alpha value is -4.18. The van der Waals surface area contributed by atoms with Gasteiger partial charge in [-0.15, -0.1) is 0 Å². The van der Waals surface area contributed by atoms with Gasteiger partial charge < -0.3 is 0 Å². The molecule has 0 bridgehead atoms. The minimum atomic E-state index is -0.103. The molecular weight excluding hydrogens is 638 g/mol. The number of carbonyl (C=O) groups excluding carboxylic acids is 2. The van der Waals surface area contributed by atoms with Crippen LogP contribution in [0, 0.1) is 0 Å². The van der Waals surface area contributed by atoms with Gasteiger partial charge in [0.2, 0.25) is 0 Å². The summed E-state index contributed by atoms with van der Waals surface area (Å²) in [5.74, 6) is -0.120. The summed E-state index contributed by atoms with van der Waals surface area (Å²) >= 11 is 0.622. The van der Waals surface area contributed by atoms with Gasteiger partial charge in [-0.2, -0.15) is 0 Å². The molecule has 4 nitrogen and oxygen atoms in total. The van der Waals surface area contributed by atoms with Crippen molar-refractivity contribution in [2.45, 2.75) is 6.42 Å². The maximum absolute atomic E-state index is 12.9. The van der Waals surface area contributed by atoms with E-state index in [1.807, 2.05) is 91.0 Å². The van der Waals surface area contributed by atoms with E-state index in [4.69, 9.17) is 0 Å². The summed E-state index contributed by atoms with van der Waals surface area (Å²) < 4.78 is 2.58. The van der Waals surface area contributed by atoms with Gasteiger partial charge in [0.25, 0.3) is 0 Å². The molecule has 0 saturated carbocycles. The number of carbonyl (C=O) groups is 2. The average Bonchev–Trinajstić information content (AvgIpc) is 3.01. The molecule has 0 aliphatic carbocycles. The molecule has 0 spiro atoms. The van der Waals surface area contributed by atoms with Crippen molar-refractivity contribution in [2.24, 2.45) is 0 Å². The molecule has 2 N–H and O–H groups in total. The van der Waals surface area contributed by atoms with Gasteiger partial charge in [-0.3, -0.25) is 0 Å². The summed E-state index contributed by atoms with van der Waals surface area (Å²) in [6.45, 7) is 0. The zero-order chi connectivity index (χ0) is 28.0. The van der Waals surface area contributed by atoms with Crippen LogP contribution in [0.4, 0.5) is 11.4 Å². The van der Waals surface area contributed by atoms with Crippen molar-refractivity contribution in [3.8, 4) is 0 Å². The van der Waals surface area contributed by atoms with Crippen molar-refractivity contribution >= 4 is 79.9 Å². The van der Waals surface area contributed by atoms with Gasteiger partial charge in [0.1, 0.15) is 0 Å². The fourth-order valence-electron chi connectivity index (χ4n) is 4.73. The second-order valence-corrected chi connectivity index (χ2v) is 15.9. The fourth-order valence-corrected chi connectivity index (χ4v) is 10.7. The van der Waals surface area contributed by atoms with Crippen LogP contribution < -0.4 is 19.6 Å². The average molecular weight is 665 g/mol. The van der Waals surface area contributed by atoms with Gasteiger partial charge in [-0.05, 0) is 0 Å². The maximum atomic E-state index is 12.9. The van der Waals surface area contributed by atoms with E-state index in [-0.39, 0.29) is 11.8 Å². The molecule has 41 heavy (non-hydrogen) atoms. The van der Waals surface area contributed by atoms with Crippen LogP contribution in [-0.2, 0) is 11.2 Å². The molecule has 0 heterocycles. The van der Waals surface area contributed by atoms with Crippen LogP contribution in [0.25, 0.3) is 21.5 Å². The van der Waals surface area contributed by atoms with E-state index in [0.717, 1.165) is 38.5 Å². The molecule has 6 rings (SSSR count). The third-order valence-electron chi connectivity index (χ3n) is 6.75. The second-order valence-electron chi connectivity index (χ2n) is 9.56. The van der Waals surface area contributed by atoms with Crippen LogP contribution in [0.3, 0.4) is 0 Å². The van der Waals surface area contributed by atoms with E-state index in [9.17, 15) is 9.59 Å². The number of hydrogen-bond acceptors (Lipinski definition) is 2. The van der Waals surface area contributed by atoms with Gasteiger partial charge in [0.15, 0.2) is 0 Å². The molecule has 6 aromatic rings. The first kappa shape index (κ1) is 27.0. The normalized spacial score (nSPS) is 10.9. The van der Waals surface area contributed by atoms with Gasteiger partial charge in [-0.1, -0.05) is 0 Å². The van der Waals surface area contributed by atoms with Crippen molar-refractivity contribution in [1.29, 1.82) is 0 Å². The van der Waals surface area contributed by atoms with Crippen molar-refractivity contribution < 1.29 is 9.59 Å². The summed E-state index contributed by atoms with van der Waals surface area (Å²) in [4.78, 5) is 25.7. The van der Waals surface area contributed by atoms with Crippen LogP contribution in [0.2, 0.25) is 0 Å². The van der Waals surface area contributed by atoms with Crippen LogP contribution in [0.5, 0.6) is 0 Å². The molecule has 0 radical (unpaired) electrons. The Bertz CT molecular complexity index is 1840. The fraction of sp³-hybridized carbons (Fsp3) is 0.0286. The summed E-state index contributed by atoms with van der Waals surface area (Å²) in [6, 6.07) is 44.3. The number of nitrogens with one attached hydrogen (secondary N) is 2. The molecule has 2 amide bonds. The Kier molecular flexibility index (Phi) is 8.27. The number of hydrogen-bond donors (Lipinski definition) is 2. The van der Waals surface area contributed by atoms with Crippen molar-refractivity contribution in [3.63, 3.8) is 0 Å². The van der Waals surface area contributed by atoms with Gasteiger partial charge in [-0.25, -0.2) is 0 Å². The predicted octanol–water partition coefficient (Wildman–Crippen LogP) is 5.70. The number of anilines is 2. The van der Waals surface area contributed by atoms with E-state index in [2.05, 4.69) is 53.1 Å². The van der Waals surface area contributed by atoms with Crippen LogP contribution in [0.1, 0.15) is 15.9 Å². The second kappa shape index (κ2) is 12.6. The monoisotopic (exact) mass is 666 g/mol. The number of rotatable bonds is 8. The molecule has 200 valence electrons. The third-order valence-corrected chi connectivity index (χ3v) is 14.0. The number of fused-ring (bicyclic) bond motifs is 2. The molecule has 6 heteroatoms. The first-order valence-corrected chi connectivity index (χ1v) is 19.3. The van der Waals surface area contributed by atoms with E-state index in [0.29, 0.717) is 38.2 Å².